The molecule has 2 bridgehead atoms. The second-order valence-electron chi connectivity index (χ2n) is 5.77. The molecule has 3 N–H and O–H groups in total. The summed E-state index contributed by atoms with van der Waals surface area (Å²) in [6.45, 7) is 1.41. The predicted octanol–water partition coefficient (Wildman–Crippen LogP) is -0.161. The largest absolute Gasteiger partial charge is 0.325 e. The zero-order chi connectivity index (χ0) is 14.5. The molecule has 7 nitrogen and oxygen atoms in total. The van der Waals surface area contributed by atoms with Gasteiger partial charge < -0.3 is 4.98 Å². The molecule has 2 fully saturated rings. The van der Waals surface area contributed by atoms with Gasteiger partial charge in [-0.1, -0.05) is 6.42 Å². The van der Waals surface area contributed by atoms with Gasteiger partial charge in [-0.15, -0.1) is 0 Å². The van der Waals surface area contributed by atoms with E-state index in [-0.39, 0.29) is 16.6 Å². The highest BCUT2D eigenvalue weighted by Crippen LogP contribution is 2.44. The number of aryl methyl sites for hydroxylation is 1. The van der Waals surface area contributed by atoms with E-state index in [1.165, 1.54) is 13.3 Å². The monoisotopic (exact) mass is 299 g/mol. The van der Waals surface area contributed by atoms with Crippen molar-refractivity contribution in [1.29, 1.82) is 0 Å². The number of H-pyrrole nitrogens is 2. The highest BCUT2D eigenvalue weighted by atomic mass is 32.2. The zero-order valence-corrected chi connectivity index (χ0v) is 11.9. The van der Waals surface area contributed by atoms with Crippen molar-refractivity contribution >= 4 is 10.0 Å². The summed E-state index contributed by atoms with van der Waals surface area (Å²) < 4.78 is 27.4. The predicted molar refractivity (Wildman–Crippen MR) is 72.0 cm³/mol. The molecule has 0 aliphatic heterocycles. The van der Waals surface area contributed by atoms with Crippen LogP contribution >= 0.6 is 0 Å². The molecule has 110 valence electrons. The number of hydrogen-bond donors (Lipinski definition) is 3. The molecule has 0 aromatic carbocycles. The second-order valence-corrected chi connectivity index (χ2v) is 7.42. The van der Waals surface area contributed by atoms with E-state index in [2.05, 4.69) is 9.71 Å². The Kier molecular flexibility index (Phi) is 3.09. The molecule has 8 heteroatoms. The molecule has 3 rings (SSSR count). The molecular weight excluding hydrogens is 282 g/mol. The van der Waals surface area contributed by atoms with Gasteiger partial charge >= 0.3 is 5.69 Å². The molecule has 0 radical (unpaired) electrons. The summed E-state index contributed by atoms with van der Waals surface area (Å²) in [6, 6.07) is -0.0931. The molecule has 2 aliphatic carbocycles. The quantitative estimate of drug-likeness (QED) is 0.720. The van der Waals surface area contributed by atoms with Crippen molar-refractivity contribution in [2.24, 2.45) is 11.8 Å². The van der Waals surface area contributed by atoms with Crippen molar-refractivity contribution in [1.82, 2.24) is 14.7 Å². The van der Waals surface area contributed by atoms with Crippen molar-refractivity contribution in [3.05, 3.63) is 26.5 Å². The van der Waals surface area contributed by atoms with Crippen LogP contribution < -0.4 is 16.0 Å². The highest BCUT2D eigenvalue weighted by molar-refractivity contribution is 7.89. The van der Waals surface area contributed by atoms with E-state index < -0.39 is 21.3 Å². The van der Waals surface area contributed by atoms with Crippen LogP contribution in [0.2, 0.25) is 0 Å². The van der Waals surface area contributed by atoms with Gasteiger partial charge in [0, 0.05) is 11.7 Å². The van der Waals surface area contributed by atoms with Gasteiger partial charge in [0.2, 0.25) is 10.0 Å². The summed E-state index contributed by atoms with van der Waals surface area (Å²) in [4.78, 5) is 26.7. The number of aromatic nitrogens is 2. The highest BCUT2D eigenvalue weighted by Gasteiger charge is 2.41. The van der Waals surface area contributed by atoms with Crippen LogP contribution in [0.15, 0.2) is 14.5 Å². The summed E-state index contributed by atoms with van der Waals surface area (Å²) in [5, 5.41) is 0. The first kappa shape index (κ1) is 13.6. The average Bonchev–Trinajstić information content (AvgIpc) is 2.87. The van der Waals surface area contributed by atoms with Crippen LogP contribution in [0, 0.1) is 18.8 Å². The first-order chi connectivity index (χ1) is 9.37. The van der Waals surface area contributed by atoms with Gasteiger partial charge in [-0.05, 0) is 38.0 Å². The van der Waals surface area contributed by atoms with Gasteiger partial charge in [0.25, 0.3) is 5.56 Å². The summed E-state index contributed by atoms with van der Waals surface area (Å²) in [7, 11) is -3.91. The first-order valence-electron chi connectivity index (χ1n) is 6.72. The van der Waals surface area contributed by atoms with Gasteiger partial charge in [0.15, 0.2) is 4.90 Å². The lowest BCUT2D eigenvalue weighted by atomic mass is 9.96. The molecule has 1 aromatic heterocycles. The van der Waals surface area contributed by atoms with Crippen LogP contribution in [0.4, 0.5) is 0 Å². The molecule has 1 heterocycles. The fourth-order valence-corrected chi connectivity index (χ4v) is 5.11. The third-order valence-corrected chi connectivity index (χ3v) is 6.03. The number of rotatable bonds is 3. The molecule has 0 amide bonds. The van der Waals surface area contributed by atoms with Crippen LogP contribution in [0.3, 0.4) is 0 Å². The summed E-state index contributed by atoms with van der Waals surface area (Å²) >= 11 is 0. The summed E-state index contributed by atoms with van der Waals surface area (Å²) in [5.41, 5.74) is -1.51. The van der Waals surface area contributed by atoms with Crippen molar-refractivity contribution in [3.63, 3.8) is 0 Å². The minimum absolute atomic E-state index is 0.0643. The van der Waals surface area contributed by atoms with Crippen molar-refractivity contribution in [3.8, 4) is 0 Å². The lowest BCUT2D eigenvalue weighted by Gasteiger charge is -2.22. The van der Waals surface area contributed by atoms with E-state index >= 15 is 0 Å². The Bertz CT molecular complexity index is 749. The Morgan fingerprint density at radius 2 is 1.90 bits per heavy atom. The molecular formula is C12H17N3O4S. The van der Waals surface area contributed by atoms with Gasteiger partial charge in [-0.2, -0.15) is 0 Å². The SMILES string of the molecule is Cc1[nH]c(=O)[nH]c(=O)c1S(=O)(=O)N[C@H]1C[C@H]2CC[C@@H]1C2. The van der Waals surface area contributed by atoms with Gasteiger partial charge in [-0.3, -0.25) is 9.78 Å². The summed E-state index contributed by atoms with van der Waals surface area (Å²) in [6.07, 6.45) is 4.11. The molecule has 2 saturated carbocycles. The van der Waals surface area contributed by atoms with E-state index in [1.807, 2.05) is 4.98 Å². The fourth-order valence-electron chi connectivity index (χ4n) is 3.56. The maximum atomic E-state index is 12.4. The molecule has 1 aromatic rings. The number of sulfonamides is 1. The number of aromatic amines is 2. The second kappa shape index (κ2) is 4.56. The molecule has 0 unspecified atom stereocenters. The van der Waals surface area contributed by atoms with E-state index in [0.717, 1.165) is 19.3 Å². The normalized spacial score (nSPS) is 28.9. The van der Waals surface area contributed by atoms with E-state index in [0.29, 0.717) is 11.8 Å². The fraction of sp³-hybridized carbons (Fsp3) is 0.667. The molecule has 2 aliphatic rings. The van der Waals surface area contributed by atoms with Crippen molar-refractivity contribution in [2.75, 3.05) is 0 Å². The van der Waals surface area contributed by atoms with E-state index in [9.17, 15) is 18.0 Å². The van der Waals surface area contributed by atoms with Crippen LogP contribution in [0.5, 0.6) is 0 Å². The smallest absolute Gasteiger partial charge is 0.310 e. The number of nitrogens with one attached hydrogen (secondary N) is 3. The van der Waals surface area contributed by atoms with Gasteiger partial charge in [-0.25, -0.2) is 17.9 Å². The Labute approximate surface area is 115 Å². The summed E-state index contributed by atoms with van der Waals surface area (Å²) in [5.74, 6) is 0.972. The third kappa shape index (κ3) is 2.22. The van der Waals surface area contributed by atoms with Gasteiger partial charge in [0.05, 0.1) is 0 Å². The number of fused-ring (bicyclic) bond motifs is 2. The Morgan fingerprint density at radius 1 is 1.15 bits per heavy atom. The van der Waals surface area contributed by atoms with Gasteiger partial charge in [0.1, 0.15) is 0 Å². The molecule has 20 heavy (non-hydrogen) atoms. The zero-order valence-electron chi connectivity index (χ0n) is 11.1. The standard InChI is InChI=1S/C12H17N3O4S/c1-6-10(11(16)14-12(17)13-6)20(18,19)15-9-5-7-2-3-8(9)4-7/h7-9,15H,2-5H2,1H3,(H2,13,14,16,17)/t7-,8+,9-/m0/s1. The molecule has 3 atom stereocenters. The Morgan fingerprint density at radius 3 is 2.45 bits per heavy atom. The lowest BCUT2D eigenvalue weighted by molar-refractivity contribution is 0.390. The van der Waals surface area contributed by atoms with Crippen LogP contribution in [-0.2, 0) is 10.0 Å². The maximum Gasteiger partial charge on any atom is 0.325 e. The average molecular weight is 299 g/mol. The van der Waals surface area contributed by atoms with Crippen LogP contribution in [0.25, 0.3) is 0 Å². The Balaban J connectivity index is 1.93. The first-order valence-corrected chi connectivity index (χ1v) is 8.20. The molecule has 0 spiro atoms. The van der Waals surface area contributed by atoms with Crippen LogP contribution in [0.1, 0.15) is 31.4 Å². The lowest BCUT2D eigenvalue weighted by Crippen LogP contribution is -2.42. The van der Waals surface area contributed by atoms with Crippen molar-refractivity contribution < 1.29 is 8.42 Å². The topological polar surface area (TPSA) is 112 Å². The number of hydrogen-bond acceptors (Lipinski definition) is 4. The Hall–Kier alpha value is -1.41. The van der Waals surface area contributed by atoms with E-state index in [1.54, 1.807) is 0 Å². The van der Waals surface area contributed by atoms with Crippen molar-refractivity contribution in [2.45, 2.75) is 43.5 Å². The third-order valence-electron chi connectivity index (χ3n) is 4.39. The molecule has 0 saturated heterocycles. The van der Waals surface area contributed by atoms with Crippen LogP contribution in [-0.4, -0.2) is 24.4 Å². The minimum atomic E-state index is -3.91. The maximum absolute atomic E-state index is 12.4. The van der Waals surface area contributed by atoms with E-state index in [4.69, 9.17) is 0 Å². The minimum Gasteiger partial charge on any atom is -0.310 e.